The van der Waals surface area contributed by atoms with E-state index in [0.29, 0.717) is 0 Å². The van der Waals surface area contributed by atoms with E-state index in [-0.39, 0.29) is 0 Å². The molecule has 2 nitrogen and oxygen atoms in total. The molecule has 0 saturated heterocycles. The van der Waals surface area contributed by atoms with Gasteiger partial charge in [-0.1, -0.05) is 159 Å². The molecule has 49 heavy (non-hydrogen) atoms. The van der Waals surface area contributed by atoms with Crippen molar-refractivity contribution in [2.24, 2.45) is 0 Å². The smallest absolute Gasteiger partial charge is 0.159 e. The van der Waals surface area contributed by atoms with Gasteiger partial charge in [0.1, 0.15) is 8.07 Å². The maximum atomic E-state index is 5.44. The highest BCUT2D eigenvalue weighted by atomic mass is 28.3. The first-order chi connectivity index (χ1) is 24.0. The summed E-state index contributed by atoms with van der Waals surface area (Å²) in [4.78, 5) is 10.9. The lowest BCUT2D eigenvalue weighted by molar-refractivity contribution is 1.21. The van der Waals surface area contributed by atoms with Gasteiger partial charge in [0.25, 0.3) is 0 Å². The van der Waals surface area contributed by atoms with Gasteiger partial charge < -0.3 is 0 Å². The topological polar surface area (TPSA) is 25.8 Å². The van der Waals surface area contributed by atoms with Crippen LogP contribution in [0, 0.1) is 0 Å². The maximum Gasteiger partial charge on any atom is 0.159 e. The molecule has 0 unspecified atom stereocenters. The Labute approximate surface area is 288 Å². The van der Waals surface area contributed by atoms with Crippen LogP contribution in [0.2, 0.25) is 13.1 Å². The molecule has 0 N–H and O–H groups in total. The van der Waals surface area contributed by atoms with Crippen molar-refractivity contribution in [2.45, 2.75) is 13.1 Å². The van der Waals surface area contributed by atoms with Gasteiger partial charge in [0, 0.05) is 22.0 Å². The molecule has 0 amide bonds. The zero-order chi connectivity index (χ0) is 33.0. The number of aromatic nitrogens is 2. The quantitative estimate of drug-likeness (QED) is 0.175. The Morgan fingerprint density at radius 2 is 0.918 bits per heavy atom. The lowest BCUT2D eigenvalue weighted by Gasteiger charge is -2.19. The second-order valence-corrected chi connectivity index (χ2v) is 17.7. The van der Waals surface area contributed by atoms with Crippen LogP contribution in [-0.2, 0) is 0 Å². The van der Waals surface area contributed by atoms with Crippen molar-refractivity contribution < 1.29 is 0 Å². The monoisotopic (exact) mass is 642 g/mol. The summed E-state index contributed by atoms with van der Waals surface area (Å²) in [6.07, 6.45) is 0. The predicted molar refractivity (Wildman–Crippen MR) is 209 cm³/mol. The van der Waals surface area contributed by atoms with E-state index in [1.165, 1.54) is 60.2 Å². The SMILES string of the molecule is C[Si]1(C)c2ccccc2-c2c(-c3cccc(-c4ccccc4)c3)nc(-c3cccc(-c4cccc(-c5ccc6ccccc6c5)c4)c3)nc21. The number of fused-ring (bicyclic) bond motifs is 4. The summed E-state index contributed by atoms with van der Waals surface area (Å²) in [5.74, 6) is 0.778. The number of rotatable bonds is 5. The molecule has 0 radical (unpaired) electrons. The summed E-state index contributed by atoms with van der Waals surface area (Å²) in [7, 11) is -2.08. The summed E-state index contributed by atoms with van der Waals surface area (Å²) in [6.45, 7) is 4.85. The summed E-state index contributed by atoms with van der Waals surface area (Å²) in [5.41, 5.74) is 12.7. The Hall–Kier alpha value is -5.90. The van der Waals surface area contributed by atoms with Crippen molar-refractivity contribution in [3.05, 3.63) is 170 Å². The van der Waals surface area contributed by atoms with E-state index < -0.39 is 8.07 Å². The van der Waals surface area contributed by atoms with Crippen molar-refractivity contribution in [3.8, 4) is 67.2 Å². The van der Waals surface area contributed by atoms with Crippen molar-refractivity contribution >= 4 is 29.4 Å². The van der Waals surface area contributed by atoms with Crippen LogP contribution >= 0.6 is 0 Å². The highest BCUT2D eigenvalue weighted by Gasteiger charge is 2.41. The summed E-state index contributed by atoms with van der Waals surface area (Å²) >= 11 is 0. The van der Waals surface area contributed by atoms with Gasteiger partial charge in [0.15, 0.2) is 5.82 Å². The minimum absolute atomic E-state index is 0.778. The zero-order valence-corrected chi connectivity index (χ0v) is 28.6. The molecular formula is C46H34N2Si. The second kappa shape index (κ2) is 11.7. The Kier molecular flexibility index (Phi) is 6.96. The van der Waals surface area contributed by atoms with Crippen LogP contribution in [0.5, 0.6) is 0 Å². The zero-order valence-electron chi connectivity index (χ0n) is 27.6. The molecule has 8 aromatic rings. The van der Waals surface area contributed by atoms with Crippen LogP contribution in [0.15, 0.2) is 170 Å². The van der Waals surface area contributed by atoms with E-state index in [4.69, 9.17) is 9.97 Å². The highest BCUT2D eigenvalue weighted by Crippen LogP contribution is 2.38. The van der Waals surface area contributed by atoms with E-state index >= 15 is 0 Å². The minimum atomic E-state index is -2.08. The van der Waals surface area contributed by atoms with Gasteiger partial charge in [-0.15, -0.1) is 0 Å². The standard InChI is InChI=1S/C46H34N2Si/c1-49(2)42-24-9-8-23-41(42)43-44(39-21-11-17-34(29-39)31-13-4-3-5-14-31)47-45(48-46(43)49)40-22-12-20-37(30-40)35-18-10-19-36(28-35)38-26-25-32-15-6-7-16-33(32)27-38/h3-30H,1-2H3. The van der Waals surface area contributed by atoms with E-state index in [1.807, 2.05) is 0 Å². The molecule has 7 aromatic carbocycles. The fraction of sp³-hybridized carbons (Fsp3) is 0.0435. The molecule has 1 aliphatic rings. The molecule has 1 aliphatic heterocycles. The van der Waals surface area contributed by atoms with Gasteiger partial charge in [-0.3, -0.25) is 0 Å². The fourth-order valence-corrected chi connectivity index (χ4v) is 10.4. The van der Waals surface area contributed by atoms with Crippen molar-refractivity contribution in [1.82, 2.24) is 9.97 Å². The average molecular weight is 643 g/mol. The van der Waals surface area contributed by atoms with E-state index in [9.17, 15) is 0 Å². The molecule has 3 heteroatoms. The first-order valence-corrected chi connectivity index (χ1v) is 19.9. The van der Waals surface area contributed by atoms with Crippen molar-refractivity contribution in [3.63, 3.8) is 0 Å². The lowest BCUT2D eigenvalue weighted by atomic mass is 9.96. The molecular weight excluding hydrogens is 609 g/mol. The third-order valence-corrected chi connectivity index (χ3v) is 13.3. The van der Waals surface area contributed by atoms with Gasteiger partial charge in [-0.2, -0.15) is 0 Å². The van der Waals surface area contributed by atoms with Gasteiger partial charge >= 0.3 is 0 Å². The Morgan fingerprint density at radius 3 is 1.67 bits per heavy atom. The number of nitrogens with zero attached hydrogens (tertiary/aromatic N) is 2. The largest absolute Gasteiger partial charge is 0.237 e. The number of hydrogen-bond acceptors (Lipinski definition) is 2. The molecule has 2 heterocycles. The number of benzene rings is 7. The summed E-state index contributed by atoms with van der Waals surface area (Å²) in [5, 5.41) is 5.14. The first-order valence-electron chi connectivity index (χ1n) is 16.9. The van der Waals surface area contributed by atoms with Gasteiger partial charge in [0.05, 0.1) is 5.69 Å². The van der Waals surface area contributed by atoms with Crippen molar-refractivity contribution in [1.29, 1.82) is 0 Å². The lowest BCUT2D eigenvalue weighted by Crippen LogP contribution is -2.50. The van der Waals surface area contributed by atoms with Crippen LogP contribution in [0.4, 0.5) is 0 Å². The molecule has 232 valence electrons. The van der Waals surface area contributed by atoms with Crippen LogP contribution in [-0.4, -0.2) is 18.0 Å². The number of hydrogen-bond donors (Lipinski definition) is 0. The normalized spacial score (nSPS) is 12.9. The van der Waals surface area contributed by atoms with Gasteiger partial charge in [0.2, 0.25) is 0 Å². The van der Waals surface area contributed by atoms with Gasteiger partial charge in [-0.25, -0.2) is 9.97 Å². The predicted octanol–water partition coefficient (Wildman–Crippen LogP) is 10.8. The summed E-state index contributed by atoms with van der Waals surface area (Å²) in [6, 6.07) is 61.1. The molecule has 0 fully saturated rings. The molecule has 1 aromatic heterocycles. The Morgan fingerprint density at radius 1 is 0.388 bits per heavy atom. The average Bonchev–Trinajstić information content (AvgIpc) is 3.40. The summed E-state index contributed by atoms with van der Waals surface area (Å²) < 4.78 is 0. The molecule has 0 aliphatic carbocycles. The molecule has 0 spiro atoms. The third-order valence-electron chi connectivity index (χ3n) is 10.0. The fourth-order valence-electron chi connectivity index (χ4n) is 7.44. The van der Waals surface area contributed by atoms with Crippen LogP contribution in [0.1, 0.15) is 0 Å². The van der Waals surface area contributed by atoms with E-state index in [0.717, 1.165) is 28.2 Å². The van der Waals surface area contributed by atoms with Crippen molar-refractivity contribution in [2.75, 3.05) is 0 Å². The Bertz CT molecular complexity index is 2530. The molecule has 9 rings (SSSR count). The third kappa shape index (κ3) is 5.11. The first kappa shape index (κ1) is 29.3. The highest BCUT2D eigenvalue weighted by molar-refractivity contribution is 7.03. The van der Waals surface area contributed by atoms with Gasteiger partial charge in [-0.05, 0) is 79.2 Å². The Balaban J connectivity index is 1.18. The van der Waals surface area contributed by atoms with Crippen LogP contribution < -0.4 is 10.5 Å². The molecule has 0 bridgehead atoms. The maximum absolute atomic E-state index is 5.44. The second-order valence-electron chi connectivity index (χ2n) is 13.5. The molecule has 0 atom stereocenters. The molecule has 0 saturated carbocycles. The van der Waals surface area contributed by atoms with Crippen LogP contribution in [0.3, 0.4) is 0 Å². The van der Waals surface area contributed by atoms with E-state index in [2.05, 4.69) is 183 Å². The van der Waals surface area contributed by atoms with Crippen LogP contribution in [0.25, 0.3) is 77.9 Å². The minimum Gasteiger partial charge on any atom is -0.237 e. The van der Waals surface area contributed by atoms with E-state index in [1.54, 1.807) is 0 Å².